The Morgan fingerprint density at radius 2 is 1.77 bits per heavy atom. The smallest absolute Gasteiger partial charge is 0.311 e. The molecule has 0 aliphatic heterocycles. The minimum Gasteiger partial charge on any atom is -0.424 e. The van der Waals surface area contributed by atoms with Crippen LogP contribution in [0.5, 0.6) is 5.75 Å². The molecule has 4 nitrogen and oxygen atoms in total. The lowest BCUT2D eigenvalue weighted by molar-refractivity contribution is -0.134. The molecular formula is C18H27NO3. The molecule has 0 aliphatic rings. The molecule has 0 saturated heterocycles. The second kappa shape index (κ2) is 8.57. The second-order valence-corrected chi connectivity index (χ2v) is 6.28. The van der Waals surface area contributed by atoms with Crippen LogP contribution in [0.1, 0.15) is 47.0 Å². The van der Waals surface area contributed by atoms with E-state index >= 15 is 0 Å². The monoisotopic (exact) mass is 305 g/mol. The molecule has 1 rings (SSSR count). The standard InChI is InChI=1S/C18H27NO3/c1-13(2)9-8-12-17(20)22-16-11-7-6-10-15(16)19(5)18(21)14(3)4/h6-7,10-11,13-14H,8-9,12H2,1-5H3. The first-order valence-electron chi connectivity index (χ1n) is 7.90. The Hall–Kier alpha value is -1.84. The number of rotatable bonds is 7. The number of anilines is 1. The van der Waals surface area contributed by atoms with Crippen LogP contribution in [-0.4, -0.2) is 18.9 Å². The fraction of sp³-hybridized carbons (Fsp3) is 0.556. The van der Waals surface area contributed by atoms with Crippen molar-refractivity contribution >= 4 is 17.6 Å². The van der Waals surface area contributed by atoms with E-state index in [4.69, 9.17) is 4.74 Å². The highest BCUT2D eigenvalue weighted by Gasteiger charge is 2.19. The molecule has 0 atom stereocenters. The summed E-state index contributed by atoms with van der Waals surface area (Å²) in [6, 6.07) is 7.14. The number of hydrogen-bond donors (Lipinski definition) is 0. The third-order valence-corrected chi connectivity index (χ3v) is 3.44. The van der Waals surface area contributed by atoms with Crippen molar-refractivity contribution < 1.29 is 14.3 Å². The largest absolute Gasteiger partial charge is 0.424 e. The zero-order valence-electron chi connectivity index (χ0n) is 14.3. The van der Waals surface area contributed by atoms with Crippen molar-refractivity contribution in [3.05, 3.63) is 24.3 Å². The van der Waals surface area contributed by atoms with Crippen molar-refractivity contribution in [1.82, 2.24) is 0 Å². The Bertz CT molecular complexity index is 509. The van der Waals surface area contributed by atoms with Gasteiger partial charge in [0, 0.05) is 19.4 Å². The lowest BCUT2D eigenvalue weighted by Gasteiger charge is -2.21. The van der Waals surface area contributed by atoms with E-state index in [1.807, 2.05) is 19.9 Å². The Balaban J connectivity index is 2.75. The zero-order valence-corrected chi connectivity index (χ0v) is 14.3. The average molecular weight is 305 g/mol. The number of benzene rings is 1. The van der Waals surface area contributed by atoms with Gasteiger partial charge in [0.15, 0.2) is 5.75 Å². The van der Waals surface area contributed by atoms with Crippen LogP contribution in [-0.2, 0) is 9.59 Å². The van der Waals surface area contributed by atoms with Crippen molar-refractivity contribution in [2.75, 3.05) is 11.9 Å². The average Bonchev–Trinajstić information content (AvgIpc) is 2.45. The molecule has 4 heteroatoms. The third kappa shape index (κ3) is 5.51. The molecule has 122 valence electrons. The third-order valence-electron chi connectivity index (χ3n) is 3.44. The van der Waals surface area contributed by atoms with E-state index in [0.29, 0.717) is 23.8 Å². The molecule has 0 heterocycles. The summed E-state index contributed by atoms with van der Waals surface area (Å²) >= 11 is 0. The molecule has 0 radical (unpaired) electrons. The molecule has 22 heavy (non-hydrogen) atoms. The van der Waals surface area contributed by atoms with Gasteiger partial charge in [0.2, 0.25) is 5.91 Å². The van der Waals surface area contributed by atoms with Crippen LogP contribution in [0.4, 0.5) is 5.69 Å². The van der Waals surface area contributed by atoms with Gasteiger partial charge in [-0.25, -0.2) is 0 Å². The molecule has 0 saturated carbocycles. The van der Waals surface area contributed by atoms with Gasteiger partial charge in [0.05, 0.1) is 5.69 Å². The van der Waals surface area contributed by atoms with Gasteiger partial charge in [-0.15, -0.1) is 0 Å². The molecule has 0 bridgehead atoms. The second-order valence-electron chi connectivity index (χ2n) is 6.28. The van der Waals surface area contributed by atoms with E-state index in [-0.39, 0.29) is 17.8 Å². The van der Waals surface area contributed by atoms with E-state index in [9.17, 15) is 9.59 Å². The van der Waals surface area contributed by atoms with Gasteiger partial charge in [0.1, 0.15) is 0 Å². The number of ether oxygens (including phenoxy) is 1. The molecule has 0 N–H and O–H groups in total. The van der Waals surface area contributed by atoms with Gasteiger partial charge in [-0.3, -0.25) is 9.59 Å². The van der Waals surface area contributed by atoms with E-state index in [1.165, 1.54) is 0 Å². The Morgan fingerprint density at radius 1 is 1.14 bits per heavy atom. The summed E-state index contributed by atoms with van der Waals surface area (Å²) in [5.41, 5.74) is 0.624. The number of nitrogens with zero attached hydrogens (tertiary/aromatic N) is 1. The minimum absolute atomic E-state index is 0.0108. The maximum atomic E-state index is 12.1. The summed E-state index contributed by atoms with van der Waals surface area (Å²) in [7, 11) is 1.70. The van der Waals surface area contributed by atoms with Gasteiger partial charge < -0.3 is 9.64 Å². The lowest BCUT2D eigenvalue weighted by atomic mass is 10.1. The number of para-hydroxylation sites is 2. The van der Waals surface area contributed by atoms with Gasteiger partial charge in [-0.05, 0) is 24.5 Å². The molecular weight excluding hydrogens is 278 g/mol. The van der Waals surface area contributed by atoms with Gasteiger partial charge in [-0.1, -0.05) is 46.2 Å². The molecule has 0 fully saturated rings. The Kier molecular flexibility index (Phi) is 7.09. The first-order valence-corrected chi connectivity index (χ1v) is 7.90. The van der Waals surface area contributed by atoms with Crippen molar-refractivity contribution in [3.63, 3.8) is 0 Å². The normalized spacial score (nSPS) is 10.9. The molecule has 0 aliphatic carbocycles. The SMILES string of the molecule is CC(C)CCCC(=O)Oc1ccccc1N(C)C(=O)C(C)C. The Morgan fingerprint density at radius 3 is 2.36 bits per heavy atom. The van der Waals surface area contributed by atoms with Gasteiger partial charge in [-0.2, -0.15) is 0 Å². The topological polar surface area (TPSA) is 46.6 Å². The lowest BCUT2D eigenvalue weighted by Crippen LogP contribution is -2.30. The van der Waals surface area contributed by atoms with Crippen LogP contribution >= 0.6 is 0 Å². The van der Waals surface area contributed by atoms with Crippen LogP contribution in [0, 0.1) is 11.8 Å². The summed E-state index contributed by atoms with van der Waals surface area (Å²) in [6.07, 6.45) is 2.22. The van der Waals surface area contributed by atoms with Crippen LogP contribution in [0.25, 0.3) is 0 Å². The summed E-state index contributed by atoms with van der Waals surface area (Å²) in [5, 5.41) is 0. The van der Waals surface area contributed by atoms with Crippen molar-refractivity contribution in [2.24, 2.45) is 11.8 Å². The summed E-state index contributed by atoms with van der Waals surface area (Å²) in [5.74, 6) is 0.644. The minimum atomic E-state index is -0.251. The first kappa shape index (κ1) is 18.2. The number of carbonyl (C=O) groups is 2. The highest BCUT2D eigenvalue weighted by atomic mass is 16.5. The maximum Gasteiger partial charge on any atom is 0.311 e. The van der Waals surface area contributed by atoms with Crippen molar-refractivity contribution in [3.8, 4) is 5.75 Å². The van der Waals surface area contributed by atoms with E-state index in [0.717, 1.165) is 12.8 Å². The number of esters is 1. The summed E-state index contributed by atoms with van der Waals surface area (Å²) < 4.78 is 5.45. The predicted molar refractivity (Wildman–Crippen MR) is 89.0 cm³/mol. The molecule has 1 aromatic rings. The number of amides is 1. The molecule has 0 spiro atoms. The molecule has 1 aromatic carbocycles. The predicted octanol–water partition coefficient (Wildman–Crippen LogP) is 4.04. The highest BCUT2D eigenvalue weighted by Crippen LogP contribution is 2.28. The summed E-state index contributed by atoms with van der Waals surface area (Å²) in [4.78, 5) is 25.6. The first-order chi connectivity index (χ1) is 10.3. The fourth-order valence-electron chi connectivity index (χ4n) is 2.15. The number of hydrogen-bond acceptors (Lipinski definition) is 3. The van der Waals surface area contributed by atoms with Gasteiger partial charge in [0.25, 0.3) is 0 Å². The zero-order chi connectivity index (χ0) is 16.7. The summed E-state index contributed by atoms with van der Waals surface area (Å²) in [6.45, 7) is 7.96. The van der Waals surface area contributed by atoms with Crippen LogP contribution in [0.2, 0.25) is 0 Å². The Labute approximate surface area is 133 Å². The fourth-order valence-corrected chi connectivity index (χ4v) is 2.15. The van der Waals surface area contributed by atoms with Gasteiger partial charge >= 0.3 is 5.97 Å². The molecule has 1 amide bonds. The van der Waals surface area contributed by atoms with E-state index in [2.05, 4.69) is 13.8 Å². The van der Waals surface area contributed by atoms with Crippen LogP contribution in [0.15, 0.2) is 24.3 Å². The van der Waals surface area contributed by atoms with Crippen LogP contribution in [0.3, 0.4) is 0 Å². The molecule has 0 aromatic heterocycles. The number of carbonyl (C=O) groups excluding carboxylic acids is 2. The van der Waals surface area contributed by atoms with Crippen molar-refractivity contribution in [1.29, 1.82) is 0 Å². The molecule has 0 unspecified atom stereocenters. The quantitative estimate of drug-likeness (QED) is 0.564. The van der Waals surface area contributed by atoms with Crippen LogP contribution < -0.4 is 9.64 Å². The highest BCUT2D eigenvalue weighted by molar-refractivity contribution is 5.95. The van der Waals surface area contributed by atoms with E-state index < -0.39 is 0 Å². The van der Waals surface area contributed by atoms with Crippen molar-refractivity contribution in [2.45, 2.75) is 47.0 Å². The maximum absolute atomic E-state index is 12.1. The van der Waals surface area contributed by atoms with E-state index in [1.54, 1.807) is 30.1 Å².